The summed E-state index contributed by atoms with van der Waals surface area (Å²) < 4.78 is 7.35. The van der Waals surface area contributed by atoms with Gasteiger partial charge in [-0.2, -0.15) is 5.10 Å². The molecule has 1 aromatic carbocycles. The first-order valence-electron chi connectivity index (χ1n) is 10.1. The maximum atomic E-state index is 13.1. The van der Waals surface area contributed by atoms with Gasteiger partial charge in [-0.25, -0.2) is 14.9 Å². The minimum Gasteiger partial charge on any atom is -0.494 e. The topological polar surface area (TPSA) is 104 Å². The van der Waals surface area contributed by atoms with Crippen molar-refractivity contribution < 1.29 is 14.6 Å². The van der Waals surface area contributed by atoms with Crippen LogP contribution in [0.2, 0.25) is 0 Å². The summed E-state index contributed by atoms with van der Waals surface area (Å²) in [6, 6.07) is 9.07. The highest BCUT2D eigenvalue weighted by molar-refractivity contribution is 6.00. The Labute approximate surface area is 180 Å². The van der Waals surface area contributed by atoms with E-state index in [1.54, 1.807) is 48.0 Å². The first-order chi connectivity index (χ1) is 14.9. The third kappa shape index (κ3) is 4.52. The number of aromatic nitrogens is 3. The van der Waals surface area contributed by atoms with Crippen LogP contribution in [0.5, 0.6) is 5.75 Å². The molecule has 0 radical (unpaired) electrons. The van der Waals surface area contributed by atoms with Gasteiger partial charge < -0.3 is 20.2 Å². The number of carbonyl (C=O) groups is 1. The van der Waals surface area contributed by atoms with Crippen LogP contribution in [0.1, 0.15) is 42.7 Å². The molecule has 3 N–H and O–H groups in total. The Bertz CT molecular complexity index is 1120. The monoisotopic (exact) mass is 422 g/mol. The lowest BCUT2D eigenvalue weighted by atomic mass is 10.0. The molecule has 1 unspecified atom stereocenters. The number of hydrogen-bond donors (Lipinski definition) is 3. The first-order valence-corrected chi connectivity index (χ1v) is 10.1. The number of aliphatic hydroxyl groups is 1. The highest BCUT2D eigenvalue weighted by atomic mass is 16.5. The molecule has 0 spiro atoms. The van der Waals surface area contributed by atoms with Gasteiger partial charge in [-0.05, 0) is 32.9 Å². The van der Waals surface area contributed by atoms with Crippen molar-refractivity contribution >= 4 is 11.6 Å². The fraction of sp³-hybridized carbons (Fsp3) is 0.318. The molecule has 0 bridgehead atoms. The number of nitrogens with one attached hydrogen (secondary N) is 2. The van der Waals surface area contributed by atoms with Crippen LogP contribution in [0.15, 0.2) is 60.8 Å². The van der Waals surface area contributed by atoms with Crippen LogP contribution in [0.4, 0.5) is 0 Å². The number of para-hydroxylation sites is 1. The Hall–Kier alpha value is -3.43. The van der Waals surface area contributed by atoms with Gasteiger partial charge in [0, 0.05) is 24.2 Å². The Morgan fingerprint density at radius 1 is 1.32 bits per heavy atom. The normalized spacial score (nSPS) is 16.5. The fourth-order valence-electron chi connectivity index (χ4n) is 3.56. The zero-order valence-electron chi connectivity index (χ0n) is 17.7. The fourth-order valence-corrected chi connectivity index (χ4v) is 3.56. The van der Waals surface area contributed by atoms with Crippen LogP contribution < -0.4 is 15.5 Å². The number of ether oxygens (including phenoxy) is 1. The molecule has 1 aliphatic heterocycles. The molecule has 162 valence electrons. The number of nitrogens with zero attached hydrogens (tertiary/aromatic N) is 4. The predicted molar refractivity (Wildman–Crippen MR) is 115 cm³/mol. The van der Waals surface area contributed by atoms with E-state index in [-0.39, 0.29) is 11.9 Å². The van der Waals surface area contributed by atoms with Crippen LogP contribution in [-0.2, 0) is 0 Å². The van der Waals surface area contributed by atoms with Gasteiger partial charge in [-0.15, -0.1) is 0 Å². The standard InChI is InChI=1S/C22H26N6O3/c1-4-31-18-9-6-5-8-15(18)19-17(13-27(26-19)14-22(2,3)30)25-21(29)16-12-24-28-11-7-10-23-20(16)28/h5-13,19,26,30H,4,14H2,1-3H3,(H,25,29). The molecule has 3 aromatic rings. The average molecular weight is 422 g/mol. The zero-order chi connectivity index (χ0) is 22.0. The highest BCUT2D eigenvalue weighted by Gasteiger charge is 2.32. The summed E-state index contributed by atoms with van der Waals surface area (Å²) in [5.41, 5.74) is 4.79. The summed E-state index contributed by atoms with van der Waals surface area (Å²) >= 11 is 0. The van der Waals surface area contributed by atoms with Crippen LogP contribution in [0.3, 0.4) is 0 Å². The Morgan fingerprint density at radius 3 is 2.90 bits per heavy atom. The van der Waals surface area contributed by atoms with Gasteiger partial charge in [-0.1, -0.05) is 18.2 Å². The van der Waals surface area contributed by atoms with E-state index in [0.29, 0.717) is 30.1 Å². The maximum absolute atomic E-state index is 13.1. The van der Waals surface area contributed by atoms with Crippen molar-refractivity contribution in [1.29, 1.82) is 0 Å². The van der Waals surface area contributed by atoms with E-state index in [2.05, 4.69) is 20.8 Å². The number of hydrogen-bond acceptors (Lipinski definition) is 7. The Balaban J connectivity index is 1.65. The van der Waals surface area contributed by atoms with E-state index >= 15 is 0 Å². The summed E-state index contributed by atoms with van der Waals surface area (Å²) in [6.45, 7) is 6.24. The summed E-state index contributed by atoms with van der Waals surface area (Å²) in [7, 11) is 0. The van der Waals surface area contributed by atoms with Gasteiger partial charge in [0.1, 0.15) is 11.3 Å². The number of β-amino-alcohol motifs (C(OH)–C–C–N with tert-alkyl or cyclic N) is 1. The smallest absolute Gasteiger partial charge is 0.261 e. The second-order valence-electron chi connectivity index (χ2n) is 7.96. The summed E-state index contributed by atoms with van der Waals surface area (Å²) in [6.07, 6.45) is 6.65. The van der Waals surface area contributed by atoms with Crippen molar-refractivity contribution in [3.63, 3.8) is 0 Å². The minimum atomic E-state index is -0.931. The summed E-state index contributed by atoms with van der Waals surface area (Å²) in [5.74, 6) is 0.413. The highest BCUT2D eigenvalue weighted by Crippen LogP contribution is 2.33. The van der Waals surface area contributed by atoms with E-state index in [0.717, 1.165) is 11.3 Å². The SMILES string of the molecule is CCOc1ccccc1C1NN(CC(C)(C)O)C=C1NC(=O)c1cnn2cccnc12. The lowest BCUT2D eigenvalue weighted by Gasteiger charge is -2.27. The minimum absolute atomic E-state index is 0.314. The van der Waals surface area contributed by atoms with Crippen molar-refractivity contribution in [2.75, 3.05) is 13.2 Å². The van der Waals surface area contributed by atoms with Crippen LogP contribution in [-0.4, -0.2) is 49.4 Å². The predicted octanol–water partition coefficient (Wildman–Crippen LogP) is 2.03. The number of hydrazine groups is 1. The number of benzene rings is 1. The van der Waals surface area contributed by atoms with Gasteiger partial charge in [0.25, 0.3) is 5.91 Å². The molecule has 4 rings (SSSR count). The van der Waals surface area contributed by atoms with Crippen molar-refractivity contribution in [2.24, 2.45) is 0 Å². The molecule has 1 atom stereocenters. The largest absolute Gasteiger partial charge is 0.494 e. The van der Waals surface area contributed by atoms with E-state index in [1.807, 2.05) is 31.2 Å². The van der Waals surface area contributed by atoms with Crippen molar-refractivity contribution in [3.05, 3.63) is 71.9 Å². The third-order valence-electron chi connectivity index (χ3n) is 4.77. The molecule has 2 aromatic heterocycles. The maximum Gasteiger partial charge on any atom is 0.261 e. The van der Waals surface area contributed by atoms with Crippen LogP contribution in [0, 0.1) is 0 Å². The third-order valence-corrected chi connectivity index (χ3v) is 4.77. The molecule has 0 saturated carbocycles. The van der Waals surface area contributed by atoms with E-state index < -0.39 is 5.60 Å². The number of carbonyl (C=O) groups excluding carboxylic acids is 1. The molecule has 1 amide bonds. The van der Waals surface area contributed by atoms with E-state index in [1.165, 1.54) is 6.20 Å². The number of fused-ring (bicyclic) bond motifs is 1. The van der Waals surface area contributed by atoms with Crippen molar-refractivity contribution in [1.82, 2.24) is 30.3 Å². The summed E-state index contributed by atoms with van der Waals surface area (Å²) in [4.78, 5) is 17.3. The average Bonchev–Trinajstić information content (AvgIpc) is 3.31. The van der Waals surface area contributed by atoms with E-state index in [4.69, 9.17) is 4.74 Å². The summed E-state index contributed by atoms with van der Waals surface area (Å²) in [5, 5.41) is 19.2. The number of rotatable bonds is 7. The Kier molecular flexibility index (Phi) is 5.62. The van der Waals surface area contributed by atoms with Crippen LogP contribution >= 0.6 is 0 Å². The molecule has 0 aliphatic carbocycles. The molecule has 0 saturated heterocycles. The zero-order valence-corrected chi connectivity index (χ0v) is 17.7. The van der Waals surface area contributed by atoms with Crippen molar-refractivity contribution in [3.8, 4) is 5.75 Å². The van der Waals surface area contributed by atoms with E-state index in [9.17, 15) is 9.90 Å². The quantitative estimate of drug-likeness (QED) is 0.535. The lowest BCUT2D eigenvalue weighted by Crippen LogP contribution is -2.41. The van der Waals surface area contributed by atoms with Gasteiger partial charge in [0.15, 0.2) is 5.65 Å². The Morgan fingerprint density at radius 2 is 2.13 bits per heavy atom. The molecule has 9 nitrogen and oxygen atoms in total. The second-order valence-corrected chi connectivity index (χ2v) is 7.96. The van der Waals surface area contributed by atoms with Gasteiger partial charge in [-0.3, -0.25) is 4.79 Å². The second kappa shape index (κ2) is 8.37. The molecule has 9 heteroatoms. The molecule has 1 aliphatic rings. The lowest BCUT2D eigenvalue weighted by molar-refractivity contribution is 0.0376. The molecular formula is C22H26N6O3. The van der Waals surface area contributed by atoms with Gasteiger partial charge >= 0.3 is 0 Å². The molecule has 0 fully saturated rings. The molecular weight excluding hydrogens is 396 g/mol. The number of amides is 1. The van der Waals surface area contributed by atoms with Gasteiger partial charge in [0.05, 0.1) is 36.7 Å². The van der Waals surface area contributed by atoms with Crippen LogP contribution in [0.25, 0.3) is 5.65 Å². The molecule has 3 heterocycles. The van der Waals surface area contributed by atoms with Gasteiger partial charge in [0.2, 0.25) is 0 Å². The van der Waals surface area contributed by atoms with Crippen molar-refractivity contribution in [2.45, 2.75) is 32.4 Å². The molecule has 31 heavy (non-hydrogen) atoms. The first kappa shape index (κ1) is 20.8.